The number of carbonyl (C=O) groups excluding carboxylic acids is 1. The SMILES string of the molecule is COc1ncc(CN2CCC3(CC2)CN(C(C)=O)[C@](C)(CO)C3)cn1. The van der Waals surface area contributed by atoms with E-state index in [-0.39, 0.29) is 17.9 Å². The zero-order chi connectivity index (χ0) is 18.1. The number of hydrogen-bond donors (Lipinski definition) is 1. The maximum Gasteiger partial charge on any atom is 0.316 e. The number of hydrogen-bond acceptors (Lipinski definition) is 6. The van der Waals surface area contributed by atoms with E-state index < -0.39 is 5.54 Å². The number of aromatic nitrogens is 2. The van der Waals surface area contributed by atoms with Gasteiger partial charge in [0, 0.05) is 38.0 Å². The van der Waals surface area contributed by atoms with Crippen molar-refractivity contribution in [2.45, 2.75) is 45.2 Å². The minimum atomic E-state index is -0.419. The summed E-state index contributed by atoms with van der Waals surface area (Å²) in [6.07, 6.45) is 6.60. The highest BCUT2D eigenvalue weighted by atomic mass is 16.5. The van der Waals surface area contributed by atoms with Crippen LogP contribution in [0.15, 0.2) is 12.4 Å². The van der Waals surface area contributed by atoms with Crippen LogP contribution in [-0.2, 0) is 11.3 Å². The van der Waals surface area contributed by atoms with Crippen molar-refractivity contribution in [1.29, 1.82) is 0 Å². The van der Waals surface area contributed by atoms with Gasteiger partial charge in [0.15, 0.2) is 0 Å². The third kappa shape index (κ3) is 3.62. The van der Waals surface area contributed by atoms with Gasteiger partial charge in [-0.1, -0.05) is 0 Å². The second-order valence-electron chi connectivity index (χ2n) is 7.79. The molecule has 25 heavy (non-hydrogen) atoms. The van der Waals surface area contributed by atoms with Gasteiger partial charge in [-0.05, 0) is 44.7 Å². The molecule has 0 radical (unpaired) electrons. The molecular formula is C18H28N4O3. The number of methoxy groups -OCH3 is 1. The van der Waals surface area contributed by atoms with E-state index in [0.29, 0.717) is 6.01 Å². The number of amides is 1. The second-order valence-corrected chi connectivity index (χ2v) is 7.79. The molecule has 7 heteroatoms. The Kier molecular flexibility index (Phi) is 4.97. The largest absolute Gasteiger partial charge is 0.467 e. The van der Waals surface area contributed by atoms with E-state index in [9.17, 15) is 9.90 Å². The summed E-state index contributed by atoms with van der Waals surface area (Å²) >= 11 is 0. The molecule has 0 saturated carbocycles. The van der Waals surface area contributed by atoms with Gasteiger partial charge in [-0.2, -0.15) is 0 Å². The molecule has 1 aromatic heterocycles. The molecule has 138 valence electrons. The van der Waals surface area contributed by atoms with Crippen LogP contribution in [0.4, 0.5) is 0 Å². The smallest absolute Gasteiger partial charge is 0.316 e. The molecule has 0 aromatic carbocycles. The lowest BCUT2D eigenvalue weighted by atomic mass is 9.74. The topological polar surface area (TPSA) is 78.8 Å². The Bertz CT molecular complexity index is 613. The van der Waals surface area contributed by atoms with Crippen LogP contribution in [0.2, 0.25) is 0 Å². The lowest BCUT2D eigenvalue weighted by Gasteiger charge is -2.39. The molecule has 3 rings (SSSR count). The highest BCUT2D eigenvalue weighted by molar-refractivity contribution is 5.74. The molecule has 1 aromatic rings. The Morgan fingerprint density at radius 2 is 1.96 bits per heavy atom. The van der Waals surface area contributed by atoms with Gasteiger partial charge in [-0.15, -0.1) is 0 Å². The summed E-state index contributed by atoms with van der Waals surface area (Å²) in [5.74, 6) is 0.0613. The first-order valence-electron chi connectivity index (χ1n) is 8.86. The van der Waals surface area contributed by atoms with Crippen LogP contribution >= 0.6 is 0 Å². The number of rotatable bonds is 4. The third-order valence-electron chi connectivity index (χ3n) is 5.81. The summed E-state index contributed by atoms with van der Waals surface area (Å²) in [4.78, 5) is 24.6. The fourth-order valence-electron chi connectivity index (χ4n) is 4.43. The second kappa shape index (κ2) is 6.88. The van der Waals surface area contributed by atoms with Crippen molar-refractivity contribution < 1.29 is 14.6 Å². The molecule has 0 unspecified atom stereocenters. The van der Waals surface area contributed by atoms with Crippen molar-refractivity contribution >= 4 is 5.91 Å². The molecule has 1 atom stereocenters. The van der Waals surface area contributed by atoms with Gasteiger partial charge in [0.1, 0.15) is 0 Å². The van der Waals surface area contributed by atoms with Gasteiger partial charge >= 0.3 is 6.01 Å². The average molecular weight is 348 g/mol. The predicted octanol–water partition coefficient (Wildman–Crippen LogP) is 1.07. The Morgan fingerprint density at radius 3 is 2.44 bits per heavy atom. The number of aliphatic hydroxyl groups excluding tert-OH is 1. The first kappa shape index (κ1) is 18.1. The maximum atomic E-state index is 12.0. The fraction of sp³-hybridized carbons (Fsp3) is 0.722. The van der Waals surface area contributed by atoms with E-state index >= 15 is 0 Å². The highest BCUT2D eigenvalue weighted by Crippen LogP contribution is 2.48. The van der Waals surface area contributed by atoms with Crippen molar-refractivity contribution in [3.8, 4) is 6.01 Å². The molecule has 2 aliphatic heterocycles. The van der Waals surface area contributed by atoms with Crippen LogP contribution in [0.1, 0.15) is 38.7 Å². The molecule has 1 spiro atoms. The number of piperidine rings is 1. The molecule has 0 aliphatic carbocycles. The molecule has 2 aliphatic rings. The van der Waals surface area contributed by atoms with Gasteiger partial charge in [0.25, 0.3) is 0 Å². The third-order valence-corrected chi connectivity index (χ3v) is 5.81. The van der Waals surface area contributed by atoms with Gasteiger partial charge in [0.2, 0.25) is 5.91 Å². The van der Waals surface area contributed by atoms with Crippen molar-refractivity contribution in [3.05, 3.63) is 18.0 Å². The zero-order valence-electron chi connectivity index (χ0n) is 15.4. The summed E-state index contributed by atoms with van der Waals surface area (Å²) in [7, 11) is 1.56. The maximum absolute atomic E-state index is 12.0. The number of nitrogens with zero attached hydrogens (tertiary/aromatic N) is 4. The molecule has 2 fully saturated rings. The Labute approximate surface area is 149 Å². The Hall–Kier alpha value is -1.73. The minimum Gasteiger partial charge on any atom is -0.467 e. The standard InChI is InChI=1S/C18H28N4O3/c1-14(24)22-12-18(11-17(22,2)13-23)4-6-21(7-5-18)10-15-8-19-16(25-3)20-9-15/h8-9,23H,4-7,10-13H2,1-3H3/t17-/m0/s1. The molecule has 1 N–H and O–H groups in total. The molecule has 1 amide bonds. The van der Waals surface area contributed by atoms with Crippen LogP contribution in [0.5, 0.6) is 6.01 Å². The lowest BCUT2D eigenvalue weighted by molar-refractivity contribution is -0.134. The summed E-state index contributed by atoms with van der Waals surface area (Å²) < 4.78 is 4.99. The van der Waals surface area contributed by atoms with E-state index in [1.807, 2.05) is 24.2 Å². The van der Waals surface area contributed by atoms with E-state index in [1.54, 1.807) is 14.0 Å². The molecule has 2 saturated heterocycles. The summed E-state index contributed by atoms with van der Waals surface area (Å²) in [5.41, 5.74) is 0.794. The first-order valence-corrected chi connectivity index (χ1v) is 8.86. The number of carbonyl (C=O) groups is 1. The lowest BCUT2D eigenvalue weighted by Crippen LogP contribution is -2.46. The molecule has 3 heterocycles. The van der Waals surface area contributed by atoms with Gasteiger partial charge in [0.05, 0.1) is 19.3 Å². The molecular weight excluding hydrogens is 320 g/mol. The normalized spacial score (nSPS) is 26.2. The van der Waals surface area contributed by atoms with Gasteiger partial charge in [-0.3, -0.25) is 9.69 Å². The molecule has 7 nitrogen and oxygen atoms in total. The van der Waals surface area contributed by atoms with Gasteiger partial charge in [-0.25, -0.2) is 9.97 Å². The van der Waals surface area contributed by atoms with Crippen LogP contribution in [-0.4, -0.2) is 69.7 Å². The monoisotopic (exact) mass is 348 g/mol. The fourth-order valence-corrected chi connectivity index (χ4v) is 4.43. The number of aliphatic hydroxyl groups is 1. The van der Waals surface area contributed by atoms with E-state index in [4.69, 9.17) is 4.74 Å². The van der Waals surface area contributed by atoms with Crippen LogP contribution in [0, 0.1) is 5.41 Å². The van der Waals surface area contributed by atoms with E-state index in [2.05, 4.69) is 14.9 Å². The Balaban J connectivity index is 1.60. The number of ether oxygens (including phenoxy) is 1. The minimum absolute atomic E-state index is 0.0290. The summed E-state index contributed by atoms with van der Waals surface area (Å²) in [6, 6.07) is 0.389. The van der Waals surface area contributed by atoms with E-state index in [0.717, 1.165) is 51.0 Å². The van der Waals surface area contributed by atoms with E-state index in [1.165, 1.54) is 0 Å². The summed E-state index contributed by atoms with van der Waals surface area (Å²) in [6.45, 7) is 7.20. The van der Waals surface area contributed by atoms with Crippen molar-refractivity contribution in [2.75, 3.05) is 33.4 Å². The van der Waals surface area contributed by atoms with Crippen molar-refractivity contribution in [2.24, 2.45) is 5.41 Å². The average Bonchev–Trinajstić information content (AvgIpc) is 2.91. The van der Waals surface area contributed by atoms with Crippen LogP contribution < -0.4 is 4.74 Å². The first-order chi connectivity index (χ1) is 11.9. The molecule has 0 bridgehead atoms. The van der Waals surface area contributed by atoms with Crippen molar-refractivity contribution in [3.63, 3.8) is 0 Å². The predicted molar refractivity (Wildman–Crippen MR) is 93.0 cm³/mol. The highest BCUT2D eigenvalue weighted by Gasteiger charge is 2.52. The van der Waals surface area contributed by atoms with Crippen LogP contribution in [0.3, 0.4) is 0 Å². The van der Waals surface area contributed by atoms with Crippen molar-refractivity contribution in [1.82, 2.24) is 19.8 Å². The zero-order valence-corrected chi connectivity index (χ0v) is 15.4. The quantitative estimate of drug-likeness (QED) is 0.877. The van der Waals surface area contributed by atoms with Gasteiger partial charge < -0.3 is 14.7 Å². The summed E-state index contributed by atoms with van der Waals surface area (Å²) in [5, 5.41) is 9.82. The Morgan fingerprint density at radius 1 is 1.32 bits per heavy atom. The van der Waals surface area contributed by atoms with Crippen LogP contribution in [0.25, 0.3) is 0 Å². The number of likely N-dealkylation sites (tertiary alicyclic amines) is 2.